The average molecular weight is 404 g/mol. The van der Waals surface area contributed by atoms with E-state index in [0.29, 0.717) is 22.9 Å². The molecule has 2 heterocycles. The number of hydrogen-bond donors (Lipinski definition) is 0. The number of imide groups is 1. The van der Waals surface area contributed by atoms with Crippen molar-refractivity contribution < 1.29 is 9.59 Å². The van der Waals surface area contributed by atoms with Crippen molar-refractivity contribution in [1.29, 1.82) is 0 Å². The Balaban J connectivity index is 1.73. The molecule has 2 aromatic rings. The fourth-order valence-corrected chi connectivity index (χ4v) is 4.21. The van der Waals surface area contributed by atoms with Gasteiger partial charge >= 0.3 is 0 Å². The van der Waals surface area contributed by atoms with Crippen molar-refractivity contribution in [2.24, 2.45) is 0 Å². The van der Waals surface area contributed by atoms with Gasteiger partial charge in [0, 0.05) is 26.2 Å². The largest absolute Gasteiger partial charge is 0.364 e. The third-order valence-electron chi connectivity index (χ3n) is 6.08. The Morgan fingerprint density at radius 2 is 1.47 bits per heavy atom. The Kier molecular flexibility index (Phi) is 5.73. The maximum atomic E-state index is 13.6. The van der Waals surface area contributed by atoms with Crippen LogP contribution in [0.3, 0.4) is 0 Å². The number of carbonyl (C=O) groups is 2. The summed E-state index contributed by atoms with van der Waals surface area (Å²) in [6.45, 7) is 10.7. The van der Waals surface area contributed by atoms with Gasteiger partial charge in [-0.25, -0.2) is 4.90 Å². The lowest BCUT2D eigenvalue weighted by molar-refractivity contribution is -0.120. The molecule has 0 saturated carbocycles. The molecule has 0 bridgehead atoms. The number of benzene rings is 2. The molecule has 156 valence electrons. The molecule has 0 spiro atoms. The molecule has 2 aromatic carbocycles. The summed E-state index contributed by atoms with van der Waals surface area (Å²) in [5.74, 6) is -0.0648. The monoisotopic (exact) mass is 403 g/mol. The maximum Gasteiger partial charge on any atom is 0.282 e. The van der Waals surface area contributed by atoms with Crippen LogP contribution in [0.15, 0.2) is 60.3 Å². The Bertz CT molecular complexity index is 956. The summed E-state index contributed by atoms with van der Waals surface area (Å²) in [5, 5.41) is 0. The van der Waals surface area contributed by atoms with E-state index in [0.717, 1.165) is 38.3 Å². The standard InChI is InChI=1S/C25H29N3O2/c1-4-26-14-16-27(17-15-26)23-22(20-8-6-5-7-9-20)24(29)28(25(23)30)21-12-10-19(11-13-21)18(2)3/h5-13,18H,4,14-17H2,1-3H3. The highest BCUT2D eigenvalue weighted by molar-refractivity contribution is 6.45. The first-order chi connectivity index (χ1) is 14.5. The zero-order valence-corrected chi connectivity index (χ0v) is 18.0. The predicted octanol–water partition coefficient (Wildman–Crippen LogP) is 3.73. The second kappa shape index (κ2) is 8.44. The van der Waals surface area contributed by atoms with Gasteiger partial charge < -0.3 is 9.80 Å². The smallest absolute Gasteiger partial charge is 0.282 e. The highest BCUT2D eigenvalue weighted by atomic mass is 16.2. The van der Waals surface area contributed by atoms with Gasteiger partial charge in [0.05, 0.1) is 11.3 Å². The summed E-state index contributed by atoms with van der Waals surface area (Å²) in [6, 6.07) is 17.3. The van der Waals surface area contributed by atoms with Crippen molar-refractivity contribution in [3.05, 3.63) is 71.4 Å². The molecule has 1 saturated heterocycles. The van der Waals surface area contributed by atoms with Crippen LogP contribution in [-0.2, 0) is 9.59 Å². The normalized spacial score (nSPS) is 18.1. The summed E-state index contributed by atoms with van der Waals surface area (Å²) in [6.07, 6.45) is 0. The van der Waals surface area contributed by atoms with Crippen molar-refractivity contribution in [2.75, 3.05) is 37.6 Å². The second-order valence-corrected chi connectivity index (χ2v) is 8.20. The highest BCUT2D eigenvalue weighted by Gasteiger charge is 2.42. The first-order valence-electron chi connectivity index (χ1n) is 10.8. The molecule has 2 aliphatic heterocycles. The fraction of sp³-hybridized carbons (Fsp3) is 0.360. The summed E-state index contributed by atoms with van der Waals surface area (Å²) in [5.41, 5.74) is 3.66. The molecule has 0 atom stereocenters. The van der Waals surface area contributed by atoms with E-state index in [1.165, 1.54) is 10.5 Å². The summed E-state index contributed by atoms with van der Waals surface area (Å²) in [7, 11) is 0. The number of amides is 2. The summed E-state index contributed by atoms with van der Waals surface area (Å²) in [4.78, 5) is 32.9. The van der Waals surface area contributed by atoms with Gasteiger partial charge in [0.15, 0.2) is 0 Å². The van der Waals surface area contributed by atoms with E-state index >= 15 is 0 Å². The second-order valence-electron chi connectivity index (χ2n) is 8.20. The molecular formula is C25H29N3O2. The van der Waals surface area contributed by atoms with Crippen LogP contribution in [0.25, 0.3) is 5.57 Å². The van der Waals surface area contributed by atoms with E-state index in [9.17, 15) is 9.59 Å². The van der Waals surface area contributed by atoms with Crippen LogP contribution < -0.4 is 4.90 Å². The third kappa shape index (κ3) is 3.65. The molecular weight excluding hydrogens is 374 g/mol. The van der Waals surface area contributed by atoms with Gasteiger partial charge in [-0.1, -0.05) is 63.2 Å². The Morgan fingerprint density at radius 3 is 2.03 bits per heavy atom. The van der Waals surface area contributed by atoms with Gasteiger partial charge in [-0.15, -0.1) is 0 Å². The fourth-order valence-electron chi connectivity index (χ4n) is 4.21. The molecule has 0 radical (unpaired) electrons. The third-order valence-corrected chi connectivity index (χ3v) is 6.08. The first kappa shape index (κ1) is 20.4. The van der Waals surface area contributed by atoms with Crippen LogP contribution in [-0.4, -0.2) is 54.3 Å². The lowest BCUT2D eigenvalue weighted by Crippen LogP contribution is -2.47. The number of piperazine rings is 1. The highest BCUT2D eigenvalue weighted by Crippen LogP contribution is 2.35. The van der Waals surface area contributed by atoms with Gasteiger partial charge in [0.25, 0.3) is 11.8 Å². The lowest BCUT2D eigenvalue weighted by atomic mass is 10.0. The van der Waals surface area contributed by atoms with E-state index in [1.54, 1.807) is 0 Å². The molecule has 5 nitrogen and oxygen atoms in total. The van der Waals surface area contributed by atoms with E-state index < -0.39 is 0 Å². The maximum absolute atomic E-state index is 13.6. The van der Waals surface area contributed by atoms with Gasteiger partial charge in [-0.05, 0) is 35.7 Å². The zero-order chi connectivity index (χ0) is 21.3. The van der Waals surface area contributed by atoms with Gasteiger partial charge in [-0.3, -0.25) is 9.59 Å². The number of anilines is 1. The van der Waals surface area contributed by atoms with Crippen molar-refractivity contribution in [1.82, 2.24) is 9.80 Å². The molecule has 0 N–H and O–H groups in total. The number of nitrogens with zero attached hydrogens (tertiary/aromatic N) is 3. The van der Waals surface area contributed by atoms with Gasteiger partial charge in [0.2, 0.25) is 0 Å². The van der Waals surface area contributed by atoms with Crippen LogP contribution in [0.1, 0.15) is 37.8 Å². The van der Waals surface area contributed by atoms with Crippen molar-refractivity contribution in [2.45, 2.75) is 26.7 Å². The van der Waals surface area contributed by atoms with Crippen molar-refractivity contribution in [3.8, 4) is 0 Å². The molecule has 1 fully saturated rings. The predicted molar refractivity (Wildman–Crippen MR) is 120 cm³/mol. The minimum Gasteiger partial charge on any atom is -0.364 e. The topological polar surface area (TPSA) is 43.9 Å². The number of carbonyl (C=O) groups excluding carboxylic acids is 2. The molecule has 0 aliphatic carbocycles. The van der Waals surface area contributed by atoms with E-state index in [4.69, 9.17) is 0 Å². The Labute approximate surface area is 178 Å². The van der Waals surface area contributed by atoms with Crippen molar-refractivity contribution in [3.63, 3.8) is 0 Å². The SMILES string of the molecule is CCN1CCN(C2=C(c3ccccc3)C(=O)N(c3ccc(C(C)C)cc3)C2=O)CC1. The molecule has 5 heteroatoms. The van der Waals surface area contributed by atoms with E-state index in [1.807, 2.05) is 54.6 Å². The van der Waals surface area contributed by atoms with Gasteiger partial charge in [-0.2, -0.15) is 0 Å². The van der Waals surface area contributed by atoms with Crippen LogP contribution in [0, 0.1) is 0 Å². The lowest BCUT2D eigenvalue weighted by Gasteiger charge is -2.36. The molecule has 2 amide bonds. The summed E-state index contributed by atoms with van der Waals surface area (Å²) >= 11 is 0. The Hall–Kier alpha value is -2.92. The molecule has 0 unspecified atom stereocenters. The summed E-state index contributed by atoms with van der Waals surface area (Å²) < 4.78 is 0. The van der Waals surface area contributed by atoms with Crippen LogP contribution in [0.2, 0.25) is 0 Å². The number of likely N-dealkylation sites (N-methyl/N-ethyl adjacent to an activating group) is 1. The first-order valence-corrected chi connectivity index (χ1v) is 10.8. The van der Waals surface area contributed by atoms with E-state index in [-0.39, 0.29) is 11.8 Å². The minimum atomic E-state index is -0.239. The Morgan fingerprint density at radius 1 is 0.833 bits per heavy atom. The zero-order valence-electron chi connectivity index (χ0n) is 18.0. The molecule has 0 aromatic heterocycles. The number of rotatable bonds is 5. The van der Waals surface area contributed by atoms with Crippen LogP contribution in [0.4, 0.5) is 5.69 Å². The van der Waals surface area contributed by atoms with Crippen molar-refractivity contribution >= 4 is 23.1 Å². The number of hydrogen-bond acceptors (Lipinski definition) is 4. The average Bonchev–Trinajstić information content (AvgIpc) is 3.04. The van der Waals surface area contributed by atoms with E-state index in [2.05, 4.69) is 30.6 Å². The molecule has 30 heavy (non-hydrogen) atoms. The minimum absolute atomic E-state index is 0.221. The molecule has 4 rings (SSSR count). The molecule has 2 aliphatic rings. The van der Waals surface area contributed by atoms with Crippen LogP contribution >= 0.6 is 0 Å². The van der Waals surface area contributed by atoms with Gasteiger partial charge in [0.1, 0.15) is 5.70 Å². The quantitative estimate of drug-likeness (QED) is 0.714. The van der Waals surface area contributed by atoms with Crippen LogP contribution in [0.5, 0.6) is 0 Å².